The quantitative estimate of drug-likeness (QED) is 0.578. The van der Waals surface area contributed by atoms with Crippen molar-refractivity contribution in [3.05, 3.63) is 0 Å². The molecule has 0 saturated carbocycles. The molecular formula is C11H25N. The molecule has 0 radical (unpaired) electrons. The fourth-order valence-electron chi connectivity index (χ4n) is 0.183. The minimum Gasteiger partial charge on any atom is -0.198 e. The number of nitrogens with zero attached hydrogens (tertiary/aromatic N) is 1. The molecule has 0 fully saturated rings. The van der Waals surface area contributed by atoms with Crippen LogP contribution in [-0.4, -0.2) is 0 Å². The lowest BCUT2D eigenvalue weighted by Gasteiger charge is -2.05. The first-order chi connectivity index (χ1) is 4.77. The fraction of sp³-hybridized carbons (Fsp3) is 0.909. The first-order valence-electron chi connectivity index (χ1n) is 4.14. The average Bonchev–Trinajstić information content (AvgIpc) is 1.58. The topological polar surface area (TPSA) is 23.8 Å². The maximum absolute atomic E-state index is 7.99. The van der Waals surface area contributed by atoms with Crippen molar-refractivity contribution in [3.8, 4) is 6.07 Å². The van der Waals surface area contributed by atoms with E-state index < -0.39 is 0 Å². The van der Waals surface area contributed by atoms with Crippen LogP contribution in [-0.2, 0) is 0 Å². The van der Waals surface area contributed by atoms with Crippen molar-refractivity contribution in [2.45, 2.75) is 55.4 Å². The SMILES string of the molecule is C.CC(C)(C)C.CC(C)CC#N. The van der Waals surface area contributed by atoms with Crippen molar-refractivity contribution in [3.63, 3.8) is 0 Å². The number of nitriles is 1. The van der Waals surface area contributed by atoms with Gasteiger partial charge in [0, 0.05) is 6.42 Å². The van der Waals surface area contributed by atoms with Gasteiger partial charge in [-0.3, -0.25) is 0 Å². The zero-order chi connectivity index (χ0) is 9.49. The van der Waals surface area contributed by atoms with Crippen molar-refractivity contribution in [2.24, 2.45) is 11.3 Å². The van der Waals surface area contributed by atoms with Crippen molar-refractivity contribution in [1.82, 2.24) is 0 Å². The Morgan fingerprint density at radius 1 is 1.17 bits per heavy atom. The maximum Gasteiger partial charge on any atom is 0.0624 e. The predicted molar refractivity (Wildman–Crippen MR) is 56.9 cm³/mol. The third-order valence-electron chi connectivity index (χ3n) is 0.500. The van der Waals surface area contributed by atoms with E-state index in [1.165, 1.54) is 0 Å². The van der Waals surface area contributed by atoms with E-state index in [1.807, 2.05) is 13.8 Å². The highest BCUT2D eigenvalue weighted by molar-refractivity contribution is 4.69. The second-order valence-corrected chi connectivity index (χ2v) is 4.76. The smallest absolute Gasteiger partial charge is 0.0624 e. The minimum atomic E-state index is 0. The Bertz CT molecular complexity index is 106. The number of rotatable bonds is 1. The highest BCUT2D eigenvalue weighted by atomic mass is 14.2. The van der Waals surface area contributed by atoms with Gasteiger partial charge in [-0.1, -0.05) is 49.0 Å². The number of hydrogen-bond donors (Lipinski definition) is 0. The molecule has 0 heterocycles. The van der Waals surface area contributed by atoms with E-state index in [0.717, 1.165) is 0 Å². The normalized spacial score (nSPS) is 9.17. The Hall–Kier alpha value is -0.510. The van der Waals surface area contributed by atoms with Crippen LogP contribution < -0.4 is 0 Å². The molecule has 12 heavy (non-hydrogen) atoms. The summed E-state index contributed by atoms with van der Waals surface area (Å²) in [5.41, 5.74) is 0.500. The lowest BCUT2D eigenvalue weighted by atomic mass is 10.0. The van der Waals surface area contributed by atoms with Gasteiger partial charge in [0.1, 0.15) is 0 Å². The molecule has 0 aromatic carbocycles. The van der Waals surface area contributed by atoms with Crippen molar-refractivity contribution < 1.29 is 0 Å². The Balaban J connectivity index is -0.000000126. The molecule has 1 nitrogen and oxygen atoms in total. The molecule has 0 aliphatic heterocycles. The number of hydrogen-bond acceptors (Lipinski definition) is 1. The van der Waals surface area contributed by atoms with E-state index in [-0.39, 0.29) is 7.43 Å². The van der Waals surface area contributed by atoms with Crippen molar-refractivity contribution in [1.29, 1.82) is 5.26 Å². The lowest BCUT2D eigenvalue weighted by molar-refractivity contribution is 0.469. The molecule has 0 aromatic heterocycles. The van der Waals surface area contributed by atoms with Gasteiger partial charge in [-0.05, 0) is 11.3 Å². The van der Waals surface area contributed by atoms with Gasteiger partial charge in [-0.25, -0.2) is 0 Å². The van der Waals surface area contributed by atoms with E-state index >= 15 is 0 Å². The molecular weight excluding hydrogens is 146 g/mol. The Kier molecular flexibility index (Phi) is 12.5. The van der Waals surface area contributed by atoms with Crippen LogP contribution in [0.25, 0.3) is 0 Å². The standard InChI is InChI=1S/C5H9N.C5H12.CH4/c1-5(2)3-4-6;1-5(2,3)4;/h5H,3H2,1-2H3;1-4H3;1H4. The summed E-state index contributed by atoms with van der Waals surface area (Å²) in [5.74, 6) is 0.537. The van der Waals surface area contributed by atoms with Gasteiger partial charge >= 0.3 is 0 Å². The first-order valence-corrected chi connectivity index (χ1v) is 4.14. The van der Waals surface area contributed by atoms with Crippen LogP contribution in [0.4, 0.5) is 0 Å². The molecule has 0 saturated heterocycles. The largest absolute Gasteiger partial charge is 0.198 e. The van der Waals surface area contributed by atoms with Crippen LogP contribution in [0.3, 0.4) is 0 Å². The van der Waals surface area contributed by atoms with Crippen LogP contribution in [0, 0.1) is 22.7 Å². The average molecular weight is 171 g/mol. The van der Waals surface area contributed by atoms with E-state index in [1.54, 1.807) is 0 Å². The summed E-state index contributed by atoms with van der Waals surface area (Å²) in [6.45, 7) is 12.8. The minimum absolute atomic E-state index is 0. The van der Waals surface area contributed by atoms with Gasteiger partial charge in [-0.2, -0.15) is 5.26 Å². The highest BCUT2D eigenvalue weighted by Gasteiger charge is 1.95. The summed E-state index contributed by atoms with van der Waals surface area (Å²) in [6, 6.07) is 2.07. The summed E-state index contributed by atoms with van der Waals surface area (Å²) in [4.78, 5) is 0. The second-order valence-electron chi connectivity index (χ2n) is 4.76. The Morgan fingerprint density at radius 3 is 1.42 bits per heavy atom. The van der Waals surface area contributed by atoms with Crippen LogP contribution in [0.1, 0.15) is 55.4 Å². The zero-order valence-corrected chi connectivity index (χ0v) is 8.73. The van der Waals surface area contributed by atoms with Crippen LogP contribution >= 0.6 is 0 Å². The maximum atomic E-state index is 7.99. The molecule has 0 aliphatic carbocycles. The van der Waals surface area contributed by atoms with E-state index in [2.05, 4.69) is 33.8 Å². The second kappa shape index (κ2) is 8.59. The third-order valence-corrected chi connectivity index (χ3v) is 0.500. The molecule has 0 aliphatic rings. The van der Waals surface area contributed by atoms with E-state index in [0.29, 0.717) is 17.8 Å². The van der Waals surface area contributed by atoms with Crippen LogP contribution in [0.5, 0.6) is 0 Å². The van der Waals surface area contributed by atoms with Crippen molar-refractivity contribution >= 4 is 0 Å². The zero-order valence-electron chi connectivity index (χ0n) is 8.73. The summed E-state index contributed by atoms with van der Waals surface area (Å²) in [7, 11) is 0. The third kappa shape index (κ3) is 110. The molecule has 0 aromatic rings. The van der Waals surface area contributed by atoms with Gasteiger partial charge in [0.15, 0.2) is 0 Å². The lowest BCUT2D eigenvalue weighted by Crippen LogP contribution is -1.93. The molecule has 0 rings (SSSR count). The van der Waals surface area contributed by atoms with Crippen LogP contribution in [0.15, 0.2) is 0 Å². The van der Waals surface area contributed by atoms with Gasteiger partial charge < -0.3 is 0 Å². The first kappa shape index (κ1) is 17.5. The fourth-order valence-corrected chi connectivity index (χ4v) is 0.183. The molecule has 0 atom stereocenters. The summed E-state index contributed by atoms with van der Waals surface area (Å²) < 4.78 is 0. The molecule has 0 amide bonds. The highest BCUT2D eigenvalue weighted by Crippen LogP contribution is 2.08. The molecule has 0 N–H and O–H groups in total. The van der Waals surface area contributed by atoms with Crippen LogP contribution in [0.2, 0.25) is 0 Å². The summed E-state index contributed by atoms with van der Waals surface area (Å²) in [5, 5.41) is 7.99. The summed E-state index contributed by atoms with van der Waals surface area (Å²) >= 11 is 0. The predicted octanol–water partition coefficient (Wildman–Crippen LogP) is 4.24. The van der Waals surface area contributed by atoms with Gasteiger partial charge in [-0.15, -0.1) is 0 Å². The van der Waals surface area contributed by atoms with Gasteiger partial charge in [0.05, 0.1) is 6.07 Å². The van der Waals surface area contributed by atoms with E-state index in [4.69, 9.17) is 5.26 Å². The molecule has 0 unspecified atom stereocenters. The Labute approximate surface area is 78.8 Å². The van der Waals surface area contributed by atoms with Gasteiger partial charge in [0.2, 0.25) is 0 Å². The molecule has 0 spiro atoms. The monoisotopic (exact) mass is 171 g/mol. The molecule has 74 valence electrons. The van der Waals surface area contributed by atoms with Gasteiger partial charge in [0.25, 0.3) is 0 Å². The van der Waals surface area contributed by atoms with Crippen molar-refractivity contribution in [2.75, 3.05) is 0 Å². The Morgan fingerprint density at radius 2 is 1.42 bits per heavy atom. The molecule has 1 heteroatoms. The molecule has 0 bridgehead atoms. The summed E-state index contributed by atoms with van der Waals surface area (Å²) in [6.07, 6.45) is 0.681. The van der Waals surface area contributed by atoms with E-state index in [9.17, 15) is 0 Å².